The molecule has 1 heterocycles. The second kappa shape index (κ2) is 8.89. The van der Waals surface area contributed by atoms with Crippen LogP contribution in [0.25, 0.3) is 0 Å². The van der Waals surface area contributed by atoms with Crippen molar-refractivity contribution in [2.45, 2.75) is 45.1 Å². The van der Waals surface area contributed by atoms with Crippen LogP contribution in [0.15, 0.2) is 42.5 Å². The molecule has 1 aliphatic heterocycles. The summed E-state index contributed by atoms with van der Waals surface area (Å²) in [5.74, 6) is -0.415. The Morgan fingerprint density at radius 3 is 2.66 bits per heavy atom. The maximum absolute atomic E-state index is 12.9. The lowest BCUT2D eigenvalue weighted by atomic mass is 9.82. The molecular formula is C24H28N2O3. The van der Waals surface area contributed by atoms with Crippen LogP contribution in [0.4, 0.5) is 0 Å². The third kappa shape index (κ3) is 4.74. The van der Waals surface area contributed by atoms with Gasteiger partial charge in [0.2, 0.25) is 5.91 Å². The molecule has 1 fully saturated rings. The molecule has 1 unspecified atom stereocenters. The second-order valence-corrected chi connectivity index (χ2v) is 8.30. The fourth-order valence-corrected chi connectivity index (χ4v) is 4.56. The first-order valence-corrected chi connectivity index (χ1v) is 10.5. The predicted molar refractivity (Wildman–Crippen MR) is 111 cm³/mol. The van der Waals surface area contributed by atoms with Gasteiger partial charge in [-0.05, 0) is 73.5 Å². The van der Waals surface area contributed by atoms with Crippen LogP contribution in [0.5, 0.6) is 0 Å². The Labute approximate surface area is 171 Å². The molecule has 2 aromatic rings. The number of nitrogens with zero attached hydrogens (tertiary/aromatic N) is 1. The molecule has 0 aromatic heterocycles. The Kier molecular flexibility index (Phi) is 6.07. The predicted octanol–water partition coefficient (Wildman–Crippen LogP) is 3.32. The monoisotopic (exact) mass is 392 g/mol. The molecule has 1 aliphatic carbocycles. The highest BCUT2D eigenvalue weighted by Gasteiger charge is 2.24. The fraction of sp³-hybridized carbons (Fsp3) is 0.417. The van der Waals surface area contributed by atoms with E-state index >= 15 is 0 Å². The summed E-state index contributed by atoms with van der Waals surface area (Å²) in [6, 6.07) is 14.2. The average molecular weight is 392 g/mol. The number of benzene rings is 2. The third-order valence-electron chi connectivity index (χ3n) is 6.20. The van der Waals surface area contributed by atoms with Crippen molar-refractivity contribution < 1.29 is 14.8 Å². The van der Waals surface area contributed by atoms with Gasteiger partial charge >= 0.3 is 0 Å². The largest absolute Gasteiger partial charge is 0.299 e. The molecule has 2 aliphatic rings. The summed E-state index contributed by atoms with van der Waals surface area (Å²) in [5, 5.41) is 8.90. The van der Waals surface area contributed by atoms with Crippen molar-refractivity contribution in [3.8, 4) is 0 Å². The first-order chi connectivity index (χ1) is 14.1. The van der Waals surface area contributed by atoms with E-state index in [0.29, 0.717) is 12.8 Å². The summed E-state index contributed by atoms with van der Waals surface area (Å²) in [6.45, 7) is 3.19. The van der Waals surface area contributed by atoms with E-state index in [0.717, 1.165) is 49.2 Å². The number of amides is 1. The molecule has 152 valence electrons. The van der Waals surface area contributed by atoms with Gasteiger partial charge in [0.1, 0.15) is 0 Å². The summed E-state index contributed by atoms with van der Waals surface area (Å²) >= 11 is 0. The molecule has 5 heteroatoms. The standard InChI is InChI=1S/C24H28N2O3/c27-23(20-5-3-4-18(13-20)16-26-10-1-2-11-26)14-17-6-7-19-8-9-21(24(28)25-29)15-22(19)12-17/h3-7,12-13,21,29H,1-2,8-11,14-16H2,(H,25,28). The molecule has 0 bridgehead atoms. The van der Waals surface area contributed by atoms with E-state index in [1.165, 1.54) is 24.0 Å². The number of aryl methyl sites for hydroxylation is 1. The number of Topliss-reactive ketones (excluding diaryl/α,β-unsaturated/α-hetero) is 1. The Bertz CT molecular complexity index is 903. The maximum Gasteiger partial charge on any atom is 0.246 e. The highest BCUT2D eigenvalue weighted by molar-refractivity contribution is 5.97. The quantitative estimate of drug-likeness (QED) is 0.450. The minimum absolute atomic E-state index is 0.119. The smallest absolute Gasteiger partial charge is 0.246 e. The molecule has 1 saturated heterocycles. The van der Waals surface area contributed by atoms with Gasteiger partial charge in [0, 0.05) is 24.4 Å². The minimum atomic E-state index is -0.327. The average Bonchev–Trinajstić information content (AvgIpc) is 3.26. The number of ketones is 1. The van der Waals surface area contributed by atoms with E-state index in [1.807, 2.05) is 24.3 Å². The lowest BCUT2D eigenvalue weighted by Crippen LogP contribution is -2.32. The molecular weight excluding hydrogens is 364 g/mol. The van der Waals surface area contributed by atoms with Gasteiger partial charge in [-0.1, -0.05) is 36.4 Å². The van der Waals surface area contributed by atoms with Gasteiger partial charge in [-0.3, -0.25) is 19.7 Å². The van der Waals surface area contributed by atoms with Crippen LogP contribution in [0.1, 0.15) is 51.9 Å². The summed E-state index contributed by atoms with van der Waals surface area (Å²) in [7, 11) is 0. The number of nitrogens with one attached hydrogen (secondary N) is 1. The number of carbonyl (C=O) groups excluding carboxylic acids is 2. The van der Waals surface area contributed by atoms with Crippen LogP contribution in [0.3, 0.4) is 0 Å². The fourth-order valence-electron chi connectivity index (χ4n) is 4.56. The van der Waals surface area contributed by atoms with Gasteiger partial charge in [0.15, 0.2) is 5.78 Å². The maximum atomic E-state index is 12.9. The van der Waals surface area contributed by atoms with Crippen LogP contribution in [-0.4, -0.2) is 34.9 Å². The van der Waals surface area contributed by atoms with Crippen LogP contribution in [-0.2, 0) is 30.6 Å². The lowest BCUT2D eigenvalue weighted by molar-refractivity contribution is -0.133. The number of fused-ring (bicyclic) bond motifs is 1. The van der Waals surface area contributed by atoms with Gasteiger partial charge in [-0.25, -0.2) is 5.48 Å². The molecule has 1 amide bonds. The van der Waals surface area contributed by atoms with Crippen molar-refractivity contribution in [1.82, 2.24) is 10.4 Å². The van der Waals surface area contributed by atoms with Crippen molar-refractivity contribution in [2.75, 3.05) is 13.1 Å². The van der Waals surface area contributed by atoms with Crippen molar-refractivity contribution >= 4 is 11.7 Å². The van der Waals surface area contributed by atoms with Crippen molar-refractivity contribution in [1.29, 1.82) is 0 Å². The van der Waals surface area contributed by atoms with Crippen molar-refractivity contribution in [2.24, 2.45) is 5.92 Å². The van der Waals surface area contributed by atoms with E-state index in [9.17, 15) is 9.59 Å². The molecule has 4 rings (SSSR count). The summed E-state index contributed by atoms with van der Waals surface area (Å²) in [6.07, 6.45) is 5.05. The Balaban J connectivity index is 1.44. The van der Waals surface area contributed by atoms with Crippen molar-refractivity contribution in [3.63, 3.8) is 0 Å². The normalized spacial score (nSPS) is 19.0. The molecule has 0 radical (unpaired) electrons. The van der Waals surface area contributed by atoms with Gasteiger partial charge in [-0.15, -0.1) is 0 Å². The topological polar surface area (TPSA) is 69.6 Å². The SMILES string of the molecule is O=C(Cc1ccc2c(c1)CC(C(=O)NO)CC2)c1cccc(CN2CCCC2)c1. The molecule has 1 atom stereocenters. The molecule has 0 spiro atoms. The lowest BCUT2D eigenvalue weighted by Gasteiger charge is -2.23. The van der Waals surface area contributed by atoms with E-state index in [1.54, 1.807) is 5.48 Å². The number of hydrogen-bond donors (Lipinski definition) is 2. The molecule has 5 nitrogen and oxygen atoms in total. The Morgan fingerprint density at radius 2 is 1.86 bits per heavy atom. The molecule has 2 aromatic carbocycles. The van der Waals surface area contributed by atoms with Crippen LogP contribution in [0, 0.1) is 5.92 Å². The number of hydroxylamine groups is 1. The van der Waals surface area contributed by atoms with Gasteiger partial charge in [0.25, 0.3) is 0 Å². The van der Waals surface area contributed by atoms with Gasteiger partial charge in [0.05, 0.1) is 0 Å². The summed E-state index contributed by atoms with van der Waals surface area (Å²) in [4.78, 5) is 27.1. The molecule has 29 heavy (non-hydrogen) atoms. The van der Waals surface area contributed by atoms with Crippen molar-refractivity contribution in [3.05, 3.63) is 70.3 Å². The van der Waals surface area contributed by atoms with Crippen LogP contribution >= 0.6 is 0 Å². The third-order valence-corrected chi connectivity index (χ3v) is 6.20. The number of carbonyl (C=O) groups is 2. The first-order valence-electron chi connectivity index (χ1n) is 10.5. The van der Waals surface area contributed by atoms with Gasteiger partial charge < -0.3 is 0 Å². The van der Waals surface area contributed by atoms with Crippen LogP contribution in [0.2, 0.25) is 0 Å². The summed E-state index contributed by atoms with van der Waals surface area (Å²) < 4.78 is 0. The number of rotatable bonds is 6. The highest BCUT2D eigenvalue weighted by atomic mass is 16.5. The number of likely N-dealkylation sites (tertiary alicyclic amines) is 1. The molecule has 2 N–H and O–H groups in total. The Morgan fingerprint density at radius 1 is 1.03 bits per heavy atom. The highest BCUT2D eigenvalue weighted by Crippen LogP contribution is 2.27. The van der Waals surface area contributed by atoms with Crippen LogP contribution < -0.4 is 5.48 Å². The summed E-state index contributed by atoms with van der Waals surface area (Å²) in [5.41, 5.74) is 7.04. The minimum Gasteiger partial charge on any atom is -0.299 e. The Hall–Kier alpha value is -2.50. The van der Waals surface area contributed by atoms with E-state index in [-0.39, 0.29) is 17.6 Å². The van der Waals surface area contributed by atoms with E-state index in [4.69, 9.17) is 5.21 Å². The van der Waals surface area contributed by atoms with E-state index in [2.05, 4.69) is 23.1 Å². The zero-order valence-electron chi connectivity index (χ0n) is 16.7. The zero-order chi connectivity index (χ0) is 20.2. The van der Waals surface area contributed by atoms with E-state index < -0.39 is 0 Å². The first kappa shape index (κ1) is 19.8. The second-order valence-electron chi connectivity index (χ2n) is 8.30. The zero-order valence-corrected chi connectivity index (χ0v) is 16.7. The molecule has 0 saturated carbocycles. The van der Waals surface area contributed by atoms with Gasteiger partial charge in [-0.2, -0.15) is 0 Å². The number of hydrogen-bond acceptors (Lipinski definition) is 4.